The van der Waals surface area contributed by atoms with Crippen molar-refractivity contribution in [2.75, 3.05) is 26.2 Å². The molecule has 1 fully saturated rings. The van der Waals surface area contributed by atoms with E-state index in [0.717, 1.165) is 25.8 Å². The summed E-state index contributed by atoms with van der Waals surface area (Å²) in [5.41, 5.74) is 0. The van der Waals surface area contributed by atoms with Crippen molar-refractivity contribution >= 4 is 10.2 Å². The van der Waals surface area contributed by atoms with E-state index in [2.05, 4.69) is 19.2 Å². The molecule has 0 amide bonds. The van der Waals surface area contributed by atoms with E-state index in [1.165, 1.54) is 0 Å². The molecule has 0 saturated carbocycles. The molecule has 0 bridgehead atoms. The van der Waals surface area contributed by atoms with Crippen molar-refractivity contribution in [3.8, 4) is 0 Å². The molecule has 1 rings (SSSR count). The second kappa shape index (κ2) is 8.46. The highest BCUT2D eigenvalue weighted by Crippen LogP contribution is 2.22. The van der Waals surface area contributed by atoms with Crippen LogP contribution in [0.4, 0.5) is 0 Å². The number of hydrogen-bond acceptors (Lipinski definition) is 3. The first-order valence-corrected chi connectivity index (χ1v) is 9.72. The Morgan fingerprint density at radius 2 is 1.95 bits per heavy atom. The van der Waals surface area contributed by atoms with Crippen LogP contribution in [-0.4, -0.2) is 55.3 Å². The van der Waals surface area contributed by atoms with Gasteiger partial charge in [0.05, 0.1) is 0 Å². The fraction of sp³-hybridized carbons (Fsp3) is 1.00. The van der Waals surface area contributed by atoms with Crippen molar-refractivity contribution in [2.45, 2.75) is 66.0 Å². The Bertz CT molecular complexity index is 398. The minimum Gasteiger partial charge on any atom is -0.314 e. The molecule has 21 heavy (non-hydrogen) atoms. The number of nitrogens with zero attached hydrogens (tertiary/aromatic N) is 2. The number of rotatable bonds is 8. The first-order chi connectivity index (χ1) is 9.82. The lowest BCUT2D eigenvalue weighted by Crippen LogP contribution is -2.51. The SMILES string of the molecule is CCC(C)N(CC)S(=O)(=O)N1CCCC(CNC(C)C)C1. The molecule has 0 spiro atoms. The maximum Gasteiger partial charge on any atom is 0.282 e. The molecule has 1 aliphatic rings. The molecule has 5 nitrogen and oxygen atoms in total. The zero-order chi connectivity index (χ0) is 16.0. The normalized spacial score (nSPS) is 22.9. The van der Waals surface area contributed by atoms with Crippen LogP contribution in [0, 0.1) is 5.92 Å². The molecule has 0 aliphatic carbocycles. The summed E-state index contributed by atoms with van der Waals surface area (Å²) in [4.78, 5) is 0. The van der Waals surface area contributed by atoms with Crippen LogP contribution in [0.25, 0.3) is 0 Å². The van der Waals surface area contributed by atoms with Crippen LogP contribution in [0.3, 0.4) is 0 Å². The molecule has 2 unspecified atom stereocenters. The van der Waals surface area contributed by atoms with Gasteiger partial charge < -0.3 is 5.32 Å². The summed E-state index contributed by atoms with van der Waals surface area (Å²) in [5.74, 6) is 0.423. The second-order valence-electron chi connectivity index (χ2n) is 6.40. The summed E-state index contributed by atoms with van der Waals surface area (Å²) in [7, 11) is -3.32. The Labute approximate surface area is 131 Å². The van der Waals surface area contributed by atoms with Crippen molar-refractivity contribution in [1.29, 1.82) is 0 Å². The molecule has 1 N–H and O–H groups in total. The van der Waals surface area contributed by atoms with Crippen LogP contribution in [0.15, 0.2) is 0 Å². The third kappa shape index (κ3) is 5.20. The van der Waals surface area contributed by atoms with Gasteiger partial charge in [-0.2, -0.15) is 17.0 Å². The lowest BCUT2D eigenvalue weighted by Gasteiger charge is -2.37. The standard InChI is InChI=1S/C15H33N3O2S/c1-6-14(5)18(7-2)21(19,20)17-10-8-9-15(12-17)11-16-13(3)4/h13-16H,6-12H2,1-5H3. The van der Waals surface area contributed by atoms with Crippen LogP contribution < -0.4 is 5.32 Å². The topological polar surface area (TPSA) is 52.7 Å². The van der Waals surface area contributed by atoms with Crippen molar-refractivity contribution in [3.63, 3.8) is 0 Å². The van der Waals surface area contributed by atoms with Gasteiger partial charge in [0.1, 0.15) is 0 Å². The first kappa shape index (κ1) is 18.9. The van der Waals surface area contributed by atoms with E-state index in [4.69, 9.17) is 0 Å². The third-order valence-corrected chi connectivity index (χ3v) is 6.51. The predicted molar refractivity (Wildman–Crippen MR) is 88.5 cm³/mol. The molecule has 6 heteroatoms. The molecule has 1 heterocycles. The van der Waals surface area contributed by atoms with Crippen LogP contribution in [-0.2, 0) is 10.2 Å². The second-order valence-corrected chi connectivity index (χ2v) is 8.28. The minimum absolute atomic E-state index is 0.0640. The number of piperidine rings is 1. The molecule has 0 radical (unpaired) electrons. The molecular formula is C15H33N3O2S. The summed E-state index contributed by atoms with van der Waals surface area (Å²) in [6, 6.07) is 0.512. The van der Waals surface area contributed by atoms with Crippen molar-refractivity contribution in [2.24, 2.45) is 5.92 Å². The van der Waals surface area contributed by atoms with E-state index < -0.39 is 10.2 Å². The molecule has 126 valence electrons. The Balaban J connectivity index is 2.73. The lowest BCUT2D eigenvalue weighted by molar-refractivity contribution is 0.229. The largest absolute Gasteiger partial charge is 0.314 e. The van der Waals surface area contributed by atoms with Gasteiger partial charge in [-0.25, -0.2) is 0 Å². The predicted octanol–water partition coefficient (Wildman–Crippen LogP) is 2.06. The lowest BCUT2D eigenvalue weighted by atomic mass is 9.99. The quantitative estimate of drug-likeness (QED) is 0.745. The summed E-state index contributed by atoms with van der Waals surface area (Å²) in [5, 5.41) is 3.43. The number of nitrogens with one attached hydrogen (secondary N) is 1. The maximum absolute atomic E-state index is 12.8. The highest BCUT2D eigenvalue weighted by molar-refractivity contribution is 7.86. The zero-order valence-corrected chi connectivity index (χ0v) is 15.1. The van der Waals surface area contributed by atoms with E-state index in [-0.39, 0.29) is 6.04 Å². The molecule has 0 aromatic carbocycles. The molecule has 1 aliphatic heterocycles. The van der Waals surface area contributed by atoms with E-state index in [1.807, 2.05) is 20.8 Å². The van der Waals surface area contributed by atoms with Gasteiger partial charge >= 0.3 is 0 Å². The summed E-state index contributed by atoms with van der Waals surface area (Å²) >= 11 is 0. The van der Waals surface area contributed by atoms with Gasteiger partial charge in [0, 0.05) is 31.7 Å². The van der Waals surface area contributed by atoms with Crippen molar-refractivity contribution in [1.82, 2.24) is 13.9 Å². The maximum atomic E-state index is 12.8. The Morgan fingerprint density at radius 3 is 2.48 bits per heavy atom. The highest BCUT2D eigenvalue weighted by Gasteiger charge is 2.34. The van der Waals surface area contributed by atoms with Gasteiger partial charge in [-0.05, 0) is 38.6 Å². The van der Waals surface area contributed by atoms with Gasteiger partial charge in [-0.1, -0.05) is 27.7 Å². The van der Waals surface area contributed by atoms with E-state index >= 15 is 0 Å². The fourth-order valence-electron chi connectivity index (χ4n) is 2.86. The van der Waals surface area contributed by atoms with Gasteiger partial charge in [-0.3, -0.25) is 0 Å². The average Bonchev–Trinajstić information content (AvgIpc) is 2.45. The Hall–Kier alpha value is -0.170. The van der Waals surface area contributed by atoms with E-state index in [9.17, 15) is 8.42 Å². The van der Waals surface area contributed by atoms with Gasteiger partial charge in [0.15, 0.2) is 0 Å². The van der Waals surface area contributed by atoms with Gasteiger partial charge in [-0.15, -0.1) is 0 Å². The number of hydrogen-bond donors (Lipinski definition) is 1. The van der Waals surface area contributed by atoms with E-state index in [0.29, 0.717) is 31.6 Å². The fourth-order valence-corrected chi connectivity index (χ4v) is 4.85. The summed E-state index contributed by atoms with van der Waals surface area (Å²) in [6.45, 7) is 12.9. The zero-order valence-electron chi connectivity index (χ0n) is 14.3. The molecule has 0 aromatic heterocycles. The van der Waals surface area contributed by atoms with E-state index in [1.54, 1.807) is 8.61 Å². The van der Waals surface area contributed by atoms with Crippen LogP contribution in [0.1, 0.15) is 53.9 Å². The highest BCUT2D eigenvalue weighted by atomic mass is 32.2. The van der Waals surface area contributed by atoms with Crippen LogP contribution in [0.5, 0.6) is 0 Å². The summed E-state index contributed by atoms with van der Waals surface area (Å²) in [6.07, 6.45) is 2.92. The van der Waals surface area contributed by atoms with Crippen molar-refractivity contribution < 1.29 is 8.42 Å². The Morgan fingerprint density at radius 1 is 1.29 bits per heavy atom. The smallest absolute Gasteiger partial charge is 0.282 e. The van der Waals surface area contributed by atoms with Crippen LogP contribution >= 0.6 is 0 Å². The van der Waals surface area contributed by atoms with Gasteiger partial charge in [0.25, 0.3) is 10.2 Å². The van der Waals surface area contributed by atoms with Gasteiger partial charge in [0.2, 0.25) is 0 Å². The molecule has 0 aromatic rings. The molecule has 1 saturated heterocycles. The monoisotopic (exact) mass is 319 g/mol. The first-order valence-electron chi connectivity index (χ1n) is 8.33. The molecule has 2 atom stereocenters. The third-order valence-electron chi connectivity index (χ3n) is 4.31. The Kier molecular flexibility index (Phi) is 7.60. The van der Waals surface area contributed by atoms with Crippen LogP contribution in [0.2, 0.25) is 0 Å². The van der Waals surface area contributed by atoms with Crippen molar-refractivity contribution in [3.05, 3.63) is 0 Å². The average molecular weight is 320 g/mol. The minimum atomic E-state index is -3.32. The molecular weight excluding hydrogens is 286 g/mol. The summed E-state index contributed by atoms with van der Waals surface area (Å²) < 4.78 is 29.0.